The van der Waals surface area contributed by atoms with Crippen molar-refractivity contribution in [2.45, 2.75) is 76.4 Å². The molecule has 0 bridgehead atoms. The molecule has 5 unspecified atom stereocenters. The smallest absolute Gasteiger partial charge is 0.190 e. The summed E-state index contributed by atoms with van der Waals surface area (Å²) in [5.41, 5.74) is -1.17. The summed E-state index contributed by atoms with van der Waals surface area (Å²) in [6.07, 6.45) is -1.94. The maximum Gasteiger partial charge on any atom is 0.190 e. The average Bonchev–Trinajstić information content (AvgIpc) is 2.80. The molecule has 3 saturated heterocycles. The van der Waals surface area contributed by atoms with Gasteiger partial charge in [-0.3, -0.25) is 0 Å². The van der Waals surface area contributed by atoms with Crippen molar-refractivity contribution >= 4 is 0 Å². The second-order valence-corrected chi connectivity index (χ2v) is 6.57. The fourth-order valence-corrected chi connectivity index (χ4v) is 3.00. The van der Waals surface area contributed by atoms with Crippen LogP contribution in [-0.2, 0) is 23.7 Å². The molecule has 0 saturated carbocycles. The summed E-state index contributed by atoms with van der Waals surface area (Å²) < 4.78 is 28.5. The molecule has 0 spiro atoms. The monoisotopic (exact) mass is 274 g/mol. The van der Waals surface area contributed by atoms with Crippen LogP contribution in [0.15, 0.2) is 0 Å². The van der Waals surface area contributed by atoms with Crippen LogP contribution in [0.3, 0.4) is 0 Å². The first-order valence-corrected chi connectivity index (χ1v) is 6.66. The Kier molecular flexibility index (Phi) is 2.82. The van der Waals surface area contributed by atoms with Gasteiger partial charge in [-0.05, 0) is 34.6 Å². The van der Waals surface area contributed by atoms with Crippen LogP contribution < -0.4 is 0 Å². The first-order valence-electron chi connectivity index (χ1n) is 6.66. The molecule has 3 fully saturated rings. The van der Waals surface area contributed by atoms with Crippen LogP contribution >= 0.6 is 0 Å². The van der Waals surface area contributed by atoms with Gasteiger partial charge < -0.3 is 28.8 Å². The molecule has 0 amide bonds. The van der Waals surface area contributed by atoms with Gasteiger partial charge in [-0.25, -0.2) is 0 Å². The molecular weight excluding hydrogens is 252 g/mol. The van der Waals surface area contributed by atoms with Gasteiger partial charge in [0.2, 0.25) is 0 Å². The van der Waals surface area contributed by atoms with Crippen molar-refractivity contribution in [3.8, 4) is 0 Å². The fourth-order valence-electron chi connectivity index (χ4n) is 3.00. The lowest BCUT2D eigenvalue weighted by Gasteiger charge is -2.33. The van der Waals surface area contributed by atoms with Crippen molar-refractivity contribution < 1.29 is 28.8 Å². The molecule has 1 N–H and O–H groups in total. The third-order valence-electron chi connectivity index (χ3n) is 3.86. The van der Waals surface area contributed by atoms with Crippen molar-refractivity contribution in [3.63, 3.8) is 0 Å². The summed E-state index contributed by atoms with van der Waals surface area (Å²) in [4.78, 5) is 0. The van der Waals surface area contributed by atoms with Gasteiger partial charge >= 0.3 is 0 Å². The predicted octanol–water partition coefficient (Wildman–Crippen LogP) is 0.765. The van der Waals surface area contributed by atoms with E-state index in [2.05, 4.69) is 0 Å². The van der Waals surface area contributed by atoms with E-state index in [9.17, 15) is 5.11 Å². The molecule has 0 aliphatic carbocycles. The van der Waals surface area contributed by atoms with Crippen LogP contribution in [0.1, 0.15) is 34.6 Å². The van der Waals surface area contributed by atoms with Crippen LogP contribution in [0.25, 0.3) is 0 Å². The van der Waals surface area contributed by atoms with E-state index < -0.39 is 35.7 Å². The van der Waals surface area contributed by atoms with Gasteiger partial charge in [-0.2, -0.15) is 0 Å². The van der Waals surface area contributed by atoms with Crippen molar-refractivity contribution in [2.24, 2.45) is 0 Å². The molecule has 6 heteroatoms. The maximum absolute atomic E-state index is 10.7. The Hall–Kier alpha value is -0.240. The Morgan fingerprint density at radius 1 is 0.895 bits per heavy atom. The second kappa shape index (κ2) is 3.90. The first-order chi connectivity index (χ1) is 8.61. The summed E-state index contributed by atoms with van der Waals surface area (Å²) >= 11 is 0. The molecule has 5 atom stereocenters. The van der Waals surface area contributed by atoms with Crippen molar-refractivity contribution in [1.82, 2.24) is 0 Å². The van der Waals surface area contributed by atoms with Crippen LogP contribution in [-0.4, -0.2) is 53.5 Å². The summed E-state index contributed by atoms with van der Waals surface area (Å²) in [6.45, 7) is 9.37. The third-order valence-corrected chi connectivity index (χ3v) is 3.86. The van der Waals surface area contributed by atoms with Crippen molar-refractivity contribution in [1.29, 1.82) is 0 Å². The standard InChI is InChI=1S/C13H22O6/c1-11(2)15-6-7(17-11)8-13(5,14)9-10(16-8)19-12(3,4)18-9/h7-10,14H,6H2,1-5H3. The average molecular weight is 274 g/mol. The third kappa shape index (κ3) is 2.20. The Balaban J connectivity index is 1.77. The first kappa shape index (κ1) is 13.7. The van der Waals surface area contributed by atoms with E-state index in [1.807, 2.05) is 13.8 Å². The van der Waals surface area contributed by atoms with Gasteiger partial charge in [0.15, 0.2) is 17.9 Å². The fraction of sp³-hybridized carbons (Fsp3) is 1.00. The van der Waals surface area contributed by atoms with E-state index in [-0.39, 0.29) is 6.10 Å². The molecule has 0 aromatic rings. The highest BCUT2D eigenvalue weighted by Gasteiger charge is 2.63. The van der Waals surface area contributed by atoms with Gasteiger partial charge in [0.25, 0.3) is 0 Å². The number of fused-ring (bicyclic) bond motifs is 1. The number of aliphatic hydroxyl groups is 1. The minimum atomic E-state index is -1.17. The SMILES string of the molecule is CC1(C)OCC(C2OC3OC(C)(C)OC3C2(C)O)O1. The van der Waals surface area contributed by atoms with Crippen molar-refractivity contribution in [3.05, 3.63) is 0 Å². The minimum Gasteiger partial charge on any atom is -0.384 e. The Morgan fingerprint density at radius 3 is 2.11 bits per heavy atom. The Labute approximate surface area is 112 Å². The molecular formula is C13H22O6. The maximum atomic E-state index is 10.7. The summed E-state index contributed by atoms with van der Waals surface area (Å²) in [7, 11) is 0. The number of rotatable bonds is 1. The molecule has 6 nitrogen and oxygen atoms in total. The molecule has 0 aromatic heterocycles. The topological polar surface area (TPSA) is 66.4 Å². The summed E-state index contributed by atoms with van der Waals surface area (Å²) in [5, 5.41) is 10.7. The summed E-state index contributed by atoms with van der Waals surface area (Å²) in [5.74, 6) is -1.39. The lowest BCUT2D eigenvalue weighted by molar-refractivity contribution is -0.245. The lowest BCUT2D eigenvalue weighted by Crippen LogP contribution is -2.51. The molecule has 0 radical (unpaired) electrons. The molecule has 3 aliphatic rings. The van der Waals surface area contributed by atoms with E-state index in [0.29, 0.717) is 6.61 Å². The largest absolute Gasteiger partial charge is 0.384 e. The molecule has 19 heavy (non-hydrogen) atoms. The van der Waals surface area contributed by atoms with E-state index in [4.69, 9.17) is 23.7 Å². The zero-order chi connectivity index (χ0) is 14.1. The number of hydrogen-bond acceptors (Lipinski definition) is 6. The van der Waals surface area contributed by atoms with Gasteiger partial charge in [0, 0.05) is 0 Å². The Bertz CT molecular complexity index is 377. The van der Waals surface area contributed by atoms with Crippen LogP contribution in [0, 0.1) is 0 Å². The van der Waals surface area contributed by atoms with Crippen LogP contribution in [0.4, 0.5) is 0 Å². The molecule has 3 aliphatic heterocycles. The van der Waals surface area contributed by atoms with Gasteiger partial charge in [-0.1, -0.05) is 0 Å². The number of hydrogen-bond donors (Lipinski definition) is 1. The highest BCUT2D eigenvalue weighted by Crippen LogP contribution is 2.45. The van der Waals surface area contributed by atoms with Gasteiger partial charge in [0.1, 0.15) is 23.9 Å². The zero-order valence-corrected chi connectivity index (χ0v) is 12.0. The second-order valence-electron chi connectivity index (χ2n) is 6.57. The summed E-state index contributed by atoms with van der Waals surface area (Å²) in [6, 6.07) is 0. The van der Waals surface area contributed by atoms with Crippen molar-refractivity contribution in [2.75, 3.05) is 6.61 Å². The Morgan fingerprint density at radius 2 is 1.58 bits per heavy atom. The quantitative estimate of drug-likeness (QED) is 0.761. The lowest BCUT2D eigenvalue weighted by atomic mass is 9.91. The zero-order valence-electron chi connectivity index (χ0n) is 12.0. The molecule has 3 rings (SSSR count). The van der Waals surface area contributed by atoms with Crippen LogP contribution in [0.5, 0.6) is 0 Å². The molecule has 110 valence electrons. The van der Waals surface area contributed by atoms with E-state index in [0.717, 1.165) is 0 Å². The molecule has 0 aromatic carbocycles. The predicted molar refractivity (Wildman–Crippen MR) is 64.2 cm³/mol. The minimum absolute atomic E-state index is 0.328. The number of ether oxygens (including phenoxy) is 5. The van der Waals surface area contributed by atoms with E-state index in [1.54, 1.807) is 20.8 Å². The van der Waals surface area contributed by atoms with E-state index in [1.165, 1.54) is 0 Å². The highest BCUT2D eigenvalue weighted by atomic mass is 16.8. The van der Waals surface area contributed by atoms with Gasteiger partial charge in [0.05, 0.1) is 6.61 Å². The van der Waals surface area contributed by atoms with Crippen LogP contribution in [0.2, 0.25) is 0 Å². The highest BCUT2D eigenvalue weighted by molar-refractivity contribution is 5.06. The molecule has 3 heterocycles. The van der Waals surface area contributed by atoms with E-state index >= 15 is 0 Å². The van der Waals surface area contributed by atoms with Gasteiger partial charge in [-0.15, -0.1) is 0 Å². The normalized spacial score (nSPS) is 51.5.